The molecule has 0 fully saturated rings. The fourth-order valence-corrected chi connectivity index (χ4v) is 2.86. The number of halogens is 3. The standard InChI is InChI=1S/C16H15Br2FO2/c1-10-3-4-13(19)7-12(10)9-21-16-14(18)5-11(8-17)6-15(16)20-2/h3-7H,8-9H2,1-2H3. The minimum absolute atomic E-state index is 0.264. The molecule has 0 unspecified atom stereocenters. The molecule has 0 radical (unpaired) electrons. The predicted octanol–water partition coefficient (Wildman–Crippen LogP) is 5.38. The molecule has 0 N–H and O–H groups in total. The van der Waals surface area contributed by atoms with Gasteiger partial charge in [-0.05, 0) is 63.8 Å². The maximum absolute atomic E-state index is 13.3. The van der Waals surface area contributed by atoms with E-state index in [1.165, 1.54) is 12.1 Å². The largest absolute Gasteiger partial charge is 0.493 e. The van der Waals surface area contributed by atoms with Crippen LogP contribution in [0.25, 0.3) is 0 Å². The molecule has 2 nitrogen and oxygen atoms in total. The molecule has 0 aliphatic carbocycles. The van der Waals surface area contributed by atoms with Gasteiger partial charge in [-0.1, -0.05) is 22.0 Å². The van der Waals surface area contributed by atoms with Gasteiger partial charge in [-0.15, -0.1) is 0 Å². The van der Waals surface area contributed by atoms with Crippen LogP contribution in [0.3, 0.4) is 0 Å². The van der Waals surface area contributed by atoms with E-state index in [1.807, 2.05) is 19.1 Å². The first-order chi connectivity index (χ1) is 10.0. The van der Waals surface area contributed by atoms with Crippen LogP contribution < -0.4 is 9.47 Å². The van der Waals surface area contributed by atoms with Gasteiger partial charge in [0.1, 0.15) is 12.4 Å². The normalized spacial score (nSPS) is 10.5. The van der Waals surface area contributed by atoms with Crippen LogP contribution in [0, 0.1) is 12.7 Å². The summed E-state index contributed by atoms with van der Waals surface area (Å²) < 4.78 is 25.3. The molecule has 0 bridgehead atoms. The topological polar surface area (TPSA) is 18.5 Å². The fraction of sp³-hybridized carbons (Fsp3) is 0.250. The lowest BCUT2D eigenvalue weighted by atomic mass is 10.1. The number of hydrogen-bond donors (Lipinski definition) is 0. The Labute approximate surface area is 140 Å². The van der Waals surface area contributed by atoms with Gasteiger partial charge in [0.15, 0.2) is 11.5 Å². The molecule has 0 saturated carbocycles. The van der Waals surface area contributed by atoms with E-state index in [4.69, 9.17) is 9.47 Å². The average molecular weight is 418 g/mol. The average Bonchev–Trinajstić information content (AvgIpc) is 2.48. The van der Waals surface area contributed by atoms with Gasteiger partial charge >= 0.3 is 0 Å². The van der Waals surface area contributed by atoms with Gasteiger partial charge in [-0.25, -0.2) is 4.39 Å². The number of methoxy groups -OCH3 is 1. The summed E-state index contributed by atoms with van der Waals surface area (Å²) in [5, 5.41) is 0.727. The second-order valence-corrected chi connectivity index (χ2v) is 6.02. The summed E-state index contributed by atoms with van der Waals surface area (Å²) in [5.74, 6) is 0.999. The third-order valence-corrected chi connectivity index (χ3v) is 4.36. The highest BCUT2D eigenvalue weighted by Crippen LogP contribution is 2.37. The van der Waals surface area contributed by atoms with E-state index < -0.39 is 0 Å². The molecule has 112 valence electrons. The minimum atomic E-state index is -0.264. The number of aryl methyl sites for hydroxylation is 1. The molecule has 0 spiro atoms. The molecule has 2 aromatic carbocycles. The second-order valence-electron chi connectivity index (χ2n) is 4.60. The highest BCUT2D eigenvalue weighted by molar-refractivity contribution is 9.10. The van der Waals surface area contributed by atoms with Gasteiger partial charge < -0.3 is 9.47 Å². The molecule has 2 rings (SSSR count). The Bertz CT molecular complexity index is 644. The Balaban J connectivity index is 2.25. The number of alkyl halides is 1. The van der Waals surface area contributed by atoms with Crippen LogP contribution in [0.4, 0.5) is 4.39 Å². The van der Waals surface area contributed by atoms with Crippen LogP contribution >= 0.6 is 31.9 Å². The minimum Gasteiger partial charge on any atom is -0.493 e. The predicted molar refractivity (Wildman–Crippen MR) is 88.8 cm³/mol. The molecule has 0 aliphatic heterocycles. The van der Waals surface area contributed by atoms with Crippen molar-refractivity contribution in [3.8, 4) is 11.5 Å². The summed E-state index contributed by atoms with van der Waals surface area (Å²) in [4.78, 5) is 0. The lowest BCUT2D eigenvalue weighted by molar-refractivity contribution is 0.281. The monoisotopic (exact) mass is 416 g/mol. The van der Waals surface area contributed by atoms with Gasteiger partial charge in [-0.3, -0.25) is 0 Å². The quantitative estimate of drug-likeness (QED) is 0.608. The molecule has 0 atom stereocenters. The summed E-state index contributed by atoms with van der Waals surface area (Å²) in [6, 6.07) is 8.55. The molecule has 0 aliphatic rings. The van der Waals surface area contributed by atoms with Crippen molar-refractivity contribution >= 4 is 31.9 Å². The zero-order valence-corrected chi connectivity index (χ0v) is 14.9. The van der Waals surface area contributed by atoms with E-state index in [0.717, 1.165) is 26.5 Å². The molecular formula is C16H15Br2FO2. The number of hydrogen-bond acceptors (Lipinski definition) is 2. The first-order valence-electron chi connectivity index (χ1n) is 6.35. The van der Waals surface area contributed by atoms with E-state index in [-0.39, 0.29) is 12.4 Å². The molecule has 5 heteroatoms. The summed E-state index contributed by atoms with van der Waals surface area (Å²) in [6.45, 7) is 2.21. The summed E-state index contributed by atoms with van der Waals surface area (Å²) in [7, 11) is 1.60. The van der Waals surface area contributed by atoms with Crippen LogP contribution in [-0.4, -0.2) is 7.11 Å². The Kier molecular flexibility index (Phi) is 5.65. The smallest absolute Gasteiger partial charge is 0.175 e. The zero-order valence-electron chi connectivity index (χ0n) is 11.8. The molecule has 0 aromatic heterocycles. The van der Waals surface area contributed by atoms with E-state index in [9.17, 15) is 4.39 Å². The van der Waals surface area contributed by atoms with Gasteiger partial charge in [0.25, 0.3) is 0 Å². The Morgan fingerprint density at radius 1 is 1.19 bits per heavy atom. The van der Waals surface area contributed by atoms with E-state index in [2.05, 4.69) is 31.9 Å². The van der Waals surface area contributed by atoms with Crippen molar-refractivity contribution in [1.29, 1.82) is 0 Å². The van der Waals surface area contributed by atoms with Crippen LogP contribution in [0.15, 0.2) is 34.8 Å². The van der Waals surface area contributed by atoms with Gasteiger partial charge in [0, 0.05) is 5.33 Å². The van der Waals surface area contributed by atoms with Crippen LogP contribution in [0.1, 0.15) is 16.7 Å². The number of ether oxygens (including phenoxy) is 2. The summed E-state index contributed by atoms with van der Waals surface area (Å²) in [6.07, 6.45) is 0. The van der Waals surface area contributed by atoms with Crippen LogP contribution in [0.5, 0.6) is 11.5 Å². The maximum Gasteiger partial charge on any atom is 0.175 e. The zero-order chi connectivity index (χ0) is 15.4. The van der Waals surface area contributed by atoms with E-state index in [0.29, 0.717) is 11.5 Å². The lowest BCUT2D eigenvalue weighted by Crippen LogP contribution is -2.01. The lowest BCUT2D eigenvalue weighted by Gasteiger charge is -2.15. The first kappa shape index (κ1) is 16.3. The third kappa shape index (κ3) is 3.98. The van der Waals surface area contributed by atoms with Crippen molar-refractivity contribution in [2.75, 3.05) is 7.11 Å². The van der Waals surface area contributed by atoms with Crippen molar-refractivity contribution in [2.45, 2.75) is 18.9 Å². The van der Waals surface area contributed by atoms with Gasteiger partial charge in [-0.2, -0.15) is 0 Å². The molecule has 0 saturated heterocycles. The van der Waals surface area contributed by atoms with Crippen LogP contribution in [0.2, 0.25) is 0 Å². The highest BCUT2D eigenvalue weighted by Gasteiger charge is 2.12. The Morgan fingerprint density at radius 2 is 1.95 bits per heavy atom. The number of benzene rings is 2. The van der Waals surface area contributed by atoms with Crippen molar-refractivity contribution < 1.29 is 13.9 Å². The molecule has 0 amide bonds. The van der Waals surface area contributed by atoms with Crippen molar-refractivity contribution in [3.05, 3.63) is 57.3 Å². The van der Waals surface area contributed by atoms with E-state index in [1.54, 1.807) is 13.2 Å². The van der Waals surface area contributed by atoms with Gasteiger partial charge in [0.2, 0.25) is 0 Å². The third-order valence-electron chi connectivity index (χ3n) is 3.13. The van der Waals surface area contributed by atoms with Crippen molar-refractivity contribution in [1.82, 2.24) is 0 Å². The maximum atomic E-state index is 13.3. The highest BCUT2D eigenvalue weighted by atomic mass is 79.9. The van der Waals surface area contributed by atoms with Gasteiger partial charge in [0.05, 0.1) is 11.6 Å². The van der Waals surface area contributed by atoms with Crippen molar-refractivity contribution in [3.63, 3.8) is 0 Å². The molecule has 2 aromatic rings. The SMILES string of the molecule is COc1cc(CBr)cc(Br)c1OCc1cc(F)ccc1C. The van der Waals surface area contributed by atoms with E-state index >= 15 is 0 Å². The fourth-order valence-electron chi connectivity index (χ4n) is 1.94. The molecule has 0 heterocycles. The van der Waals surface area contributed by atoms with Crippen LogP contribution in [-0.2, 0) is 11.9 Å². The summed E-state index contributed by atoms with van der Waals surface area (Å²) >= 11 is 6.90. The second kappa shape index (κ2) is 7.27. The summed E-state index contributed by atoms with van der Waals surface area (Å²) in [5.41, 5.74) is 2.88. The molecular weight excluding hydrogens is 403 g/mol. The number of rotatable bonds is 5. The molecule has 21 heavy (non-hydrogen) atoms. The Hall–Kier alpha value is -1.07. The first-order valence-corrected chi connectivity index (χ1v) is 8.26. The Morgan fingerprint density at radius 3 is 2.62 bits per heavy atom. The van der Waals surface area contributed by atoms with Crippen molar-refractivity contribution in [2.24, 2.45) is 0 Å².